The van der Waals surface area contributed by atoms with Crippen molar-refractivity contribution >= 4 is 23.5 Å². The summed E-state index contributed by atoms with van der Waals surface area (Å²) in [7, 11) is 0. The van der Waals surface area contributed by atoms with Crippen LogP contribution < -0.4 is 18.9 Å². The third-order valence-corrected chi connectivity index (χ3v) is 5.75. The average molecular weight is 505 g/mol. The fourth-order valence-electron chi connectivity index (χ4n) is 3.64. The van der Waals surface area contributed by atoms with E-state index in [1.807, 2.05) is 58.0 Å². The van der Waals surface area contributed by atoms with Crippen molar-refractivity contribution in [1.29, 1.82) is 0 Å². The molecule has 0 saturated heterocycles. The number of hydrogen-bond acceptors (Lipinski definition) is 7. The maximum absolute atomic E-state index is 11.7. The van der Waals surface area contributed by atoms with Crippen LogP contribution in [0.2, 0.25) is 0 Å². The van der Waals surface area contributed by atoms with Gasteiger partial charge in [0.15, 0.2) is 17.1 Å². The topological polar surface area (TPSA) is 80.3 Å². The Morgan fingerprint density at radius 3 is 2.43 bits per heavy atom. The van der Waals surface area contributed by atoms with Gasteiger partial charge in [-0.15, -0.1) is 11.6 Å². The van der Waals surface area contributed by atoms with E-state index in [-0.39, 0.29) is 24.6 Å². The maximum atomic E-state index is 11.7. The number of rotatable bonds is 8. The molecule has 1 aliphatic rings. The molecule has 2 aromatic carbocycles. The number of fused-ring (bicyclic) bond motifs is 1. The highest BCUT2D eigenvalue weighted by molar-refractivity contribution is 6.30. The molecule has 190 valence electrons. The Labute approximate surface area is 211 Å². The zero-order chi connectivity index (χ0) is 25.8. The lowest BCUT2D eigenvalue weighted by Gasteiger charge is -2.36. The number of alkyl halides is 1. The standard InChI is InChI=1S/C27H33ClO7/c1-7-31-25(30)21(28)12-18-8-10-19(11-9-18)32-15-27(6)16-33-23-14-22(34-17(2)29)20(26(3,4)5)13-24(23)35-27/h8-11,13-14,21H,7,12,15-16H2,1-6H3. The quantitative estimate of drug-likeness (QED) is 0.276. The number of benzene rings is 2. The van der Waals surface area contributed by atoms with E-state index in [0.717, 1.165) is 11.1 Å². The van der Waals surface area contributed by atoms with Crippen molar-refractivity contribution in [3.63, 3.8) is 0 Å². The van der Waals surface area contributed by atoms with Gasteiger partial charge in [-0.2, -0.15) is 0 Å². The van der Waals surface area contributed by atoms with Crippen molar-refractivity contribution in [1.82, 2.24) is 0 Å². The second-order valence-corrected chi connectivity index (χ2v) is 10.4. The molecule has 2 unspecified atom stereocenters. The van der Waals surface area contributed by atoms with E-state index in [4.69, 9.17) is 35.3 Å². The van der Waals surface area contributed by atoms with Gasteiger partial charge in [0.05, 0.1) is 6.61 Å². The molecule has 0 aliphatic carbocycles. The molecule has 0 aromatic heterocycles. The summed E-state index contributed by atoms with van der Waals surface area (Å²) in [5.74, 6) is 1.41. The maximum Gasteiger partial charge on any atom is 0.324 e. The molecule has 0 bridgehead atoms. The molecular formula is C27H33ClO7. The molecule has 1 aliphatic heterocycles. The first-order chi connectivity index (χ1) is 16.4. The molecular weight excluding hydrogens is 472 g/mol. The van der Waals surface area contributed by atoms with Crippen LogP contribution >= 0.6 is 11.6 Å². The lowest BCUT2D eigenvalue weighted by atomic mass is 9.86. The van der Waals surface area contributed by atoms with Gasteiger partial charge < -0.3 is 23.7 Å². The Balaban J connectivity index is 1.67. The molecule has 1 heterocycles. The first kappa shape index (κ1) is 26.7. The van der Waals surface area contributed by atoms with Crippen molar-refractivity contribution in [3.8, 4) is 23.0 Å². The molecule has 0 fully saturated rings. The Kier molecular flexibility index (Phi) is 8.21. The van der Waals surface area contributed by atoms with E-state index < -0.39 is 16.9 Å². The number of carbonyl (C=O) groups is 2. The van der Waals surface area contributed by atoms with Gasteiger partial charge in [0.25, 0.3) is 0 Å². The fraction of sp³-hybridized carbons (Fsp3) is 0.481. The lowest BCUT2D eigenvalue weighted by Crippen LogP contribution is -2.47. The van der Waals surface area contributed by atoms with Gasteiger partial charge in [0.2, 0.25) is 0 Å². The largest absolute Gasteiger partial charge is 0.489 e. The van der Waals surface area contributed by atoms with Crippen molar-refractivity contribution in [2.24, 2.45) is 0 Å². The molecule has 2 atom stereocenters. The molecule has 0 radical (unpaired) electrons. The van der Waals surface area contributed by atoms with Gasteiger partial charge in [-0.05, 0) is 49.4 Å². The van der Waals surface area contributed by atoms with Crippen LogP contribution in [0.15, 0.2) is 36.4 Å². The molecule has 0 saturated carbocycles. The van der Waals surface area contributed by atoms with Gasteiger partial charge >= 0.3 is 11.9 Å². The molecule has 3 rings (SSSR count). The van der Waals surface area contributed by atoms with Crippen molar-refractivity contribution in [3.05, 3.63) is 47.5 Å². The molecule has 7 nitrogen and oxygen atoms in total. The van der Waals surface area contributed by atoms with Crippen molar-refractivity contribution in [2.75, 3.05) is 19.8 Å². The Morgan fingerprint density at radius 1 is 1.14 bits per heavy atom. The SMILES string of the molecule is CCOC(=O)C(Cl)Cc1ccc(OCC2(C)COc3cc(OC(C)=O)c(C(C)(C)C)cc3O2)cc1. The summed E-state index contributed by atoms with van der Waals surface area (Å²) >= 11 is 6.12. The number of hydrogen-bond donors (Lipinski definition) is 0. The predicted molar refractivity (Wildman–Crippen MR) is 133 cm³/mol. The van der Waals surface area contributed by atoms with Crippen LogP contribution in [-0.4, -0.2) is 42.7 Å². The first-order valence-electron chi connectivity index (χ1n) is 11.6. The summed E-state index contributed by atoms with van der Waals surface area (Å²) in [6.45, 7) is 12.0. The number of halogens is 1. The zero-order valence-electron chi connectivity index (χ0n) is 21.1. The Morgan fingerprint density at radius 2 is 1.83 bits per heavy atom. The van der Waals surface area contributed by atoms with Crippen molar-refractivity contribution in [2.45, 2.75) is 64.4 Å². The molecule has 0 spiro atoms. The molecule has 35 heavy (non-hydrogen) atoms. The van der Waals surface area contributed by atoms with Crippen LogP contribution in [0.5, 0.6) is 23.0 Å². The van der Waals surface area contributed by atoms with E-state index in [9.17, 15) is 9.59 Å². The summed E-state index contributed by atoms with van der Waals surface area (Å²) in [4.78, 5) is 23.3. The van der Waals surface area contributed by atoms with Crippen molar-refractivity contribution < 1.29 is 33.3 Å². The normalized spacial score (nSPS) is 17.9. The highest BCUT2D eigenvalue weighted by Crippen LogP contribution is 2.44. The number of ether oxygens (including phenoxy) is 5. The summed E-state index contributed by atoms with van der Waals surface area (Å²) in [5.41, 5.74) is 0.747. The van der Waals surface area contributed by atoms with Gasteiger partial charge in [-0.25, -0.2) is 0 Å². The molecule has 8 heteroatoms. The second-order valence-electron chi connectivity index (χ2n) is 9.84. The highest BCUT2D eigenvalue weighted by Gasteiger charge is 2.36. The molecule has 0 amide bonds. The Bertz CT molecular complexity index is 1060. The van der Waals surface area contributed by atoms with Crippen LogP contribution in [0, 0.1) is 0 Å². The highest BCUT2D eigenvalue weighted by atomic mass is 35.5. The van der Waals surface area contributed by atoms with Crippen LogP contribution in [0.1, 0.15) is 52.7 Å². The second kappa shape index (κ2) is 10.8. The molecule has 0 N–H and O–H groups in total. The summed E-state index contributed by atoms with van der Waals surface area (Å²) in [6.07, 6.45) is 0.373. The average Bonchev–Trinajstić information content (AvgIpc) is 2.77. The summed E-state index contributed by atoms with van der Waals surface area (Å²) in [6, 6.07) is 11.0. The van der Waals surface area contributed by atoms with E-state index in [1.54, 1.807) is 13.0 Å². The summed E-state index contributed by atoms with van der Waals surface area (Å²) < 4.78 is 28.6. The molecule has 2 aromatic rings. The van der Waals surface area contributed by atoms with Crippen LogP contribution in [0.25, 0.3) is 0 Å². The van der Waals surface area contributed by atoms with Crippen LogP contribution in [-0.2, 0) is 26.2 Å². The lowest BCUT2D eigenvalue weighted by molar-refractivity contribution is -0.142. The van der Waals surface area contributed by atoms with E-state index in [2.05, 4.69) is 0 Å². The minimum Gasteiger partial charge on any atom is -0.489 e. The van der Waals surface area contributed by atoms with Gasteiger partial charge in [0, 0.05) is 18.6 Å². The van der Waals surface area contributed by atoms with Gasteiger partial charge in [0.1, 0.15) is 30.1 Å². The predicted octanol–water partition coefficient (Wildman–Crippen LogP) is 5.23. The fourth-order valence-corrected chi connectivity index (χ4v) is 3.88. The van der Waals surface area contributed by atoms with E-state index in [0.29, 0.717) is 36.0 Å². The van der Waals surface area contributed by atoms with Crippen LogP contribution in [0.4, 0.5) is 0 Å². The number of carbonyl (C=O) groups excluding carboxylic acids is 2. The minimum atomic E-state index is -0.729. The van der Waals surface area contributed by atoms with Crippen LogP contribution in [0.3, 0.4) is 0 Å². The van der Waals surface area contributed by atoms with Gasteiger partial charge in [-0.1, -0.05) is 32.9 Å². The first-order valence-corrected chi connectivity index (χ1v) is 12.0. The third-order valence-electron chi connectivity index (χ3n) is 5.42. The van der Waals surface area contributed by atoms with E-state index in [1.165, 1.54) is 6.92 Å². The third kappa shape index (κ3) is 7.04. The number of esters is 2. The Hall–Kier alpha value is -2.93. The summed E-state index contributed by atoms with van der Waals surface area (Å²) in [5, 5.41) is -0.729. The van der Waals surface area contributed by atoms with Gasteiger partial charge in [-0.3, -0.25) is 9.59 Å². The van der Waals surface area contributed by atoms with E-state index >= 15 is 0 Å². The zero-order valence-corrected chi connectivity index (χ0v) is 21.9. The minimum absolute atomic E-state index is 0.253. The monoisotopic (exact) mass is 504 g/mol. The smallest absolute Gasteiger partial charge is 0.324 e.